The lowest BCUT2D eigenvalue weighted by atomic mass is 10.2. The molecule has 2 aromatic rings. The second-order valence-corrected chi connectivity index (χ2v) is 5.35. The number of carbonyl (C=O) groups excluding carboxylic acids is 1. The molecule has 1 aromatic heterocycles. The predicted octanol–water partition coefficient (Wildman–Crippen LogP) is 4.71. The summed E-state index contributed by atoms with van der Waals surface area (Å²) >= 11 is 17.7. The van der Waals surface area contributed by atoms with Crippen LogP contribution in [0.1, 0.15) is 21.7 Å². The van der Waals surface area contributed by atoms with Crippen molar-refractivity contribution < 1.29 is 9.53 Å². The quantitative estimate of drug-likeness (QED) is 0.765. The Hall–Kier alpha value is -1.29. The first kappa shape index (κ1) is 15.1. The fourth-order valence-electron chi connectivity index (χ4n) is 1.53. The summed E-state index contributed by atoms with van der Waals surface area (Å²) in [6, 6.07) is 8.28. The van der Waals surface area contributed by atoms with E-state index in [1.807, 2.05) is 0 Å². The summed E-state index contributed by atoms with van der Waals surface area (Å²) < 4.78 is 5.16. The van der Waals surface area contributed by atoms with Gasteiger partial charge in [-0.15, -0.1) is 0 Å². The second-order valence-electron chi connectivity index (χ2n) is 4.09. The number of rotatable bonds is 3. The largest absolute Gasteiger partial charge is 0.456 e. The van der Waals surface area contributed by atoms with Gasteiger partial charge in [0.2, 0.25) is 0 Å². The maximum Gasteiger partial charge on any atom is 0.358 e. The number of carbonyl (C=O) groups is 1. The van der Waals surface area contributed by atoms with Crippen LogP contribution in [0.5, 0.6) is 0 Å². The average molecular weight is 331 g/mol. The first-order valence-corrected chi connectivity index (χ1v) is 6.85. The van der Waals surface area contributed by atoms with Gasteiger partial charge in [-0.2, -0.15) is 0 Å². The number of hydrogen-bond donors (Lipinski definition) is 0. The highest BCUT2D eigenvalue weighted by atomic mass is 35.5. The summed E-state index contributed by atoms with van der Waals surface area (Å²) in [5.41, 5.74) is 1.44. The van der Waals surface area contributed by atoms with E-state index >= 15 is 0 Å². The lowest BCUT2D eigenvalue weighted by Crippen LogP contribution is -2.09. The number of aromatic nitrogens is 1. The summed E-state index contributed by atoms with van der Waals surface area (Å²) in [6.07, 6.45) is 0. The average Bonchev–Trinajstić information content (AvgIpc) is 2.40. The Morgan fingerprint density at radius 3 is 2.60 bits per heavy atom. The standard InChI is InChI=1S/C14H10Cl3NO2/c1-8-2-5-11(16)13(18-8)14(19)20-7-9-3-4-10(15)6-12(9)17/h2-6H,7H2,1H3. The van der Waals surface area contributed by atoms with E-state index < -0.39 is 5.97 Å². The second kappa shape index (κ2) is 6.44. The molecule has 0 atom stereocenters. The Morgan fingerprint density at radius 1 is 1.15 bits per heavy atom. The van der Waals surface area contributed by atoms with Crippen molar-refractivity contribution in [3.63, 3.8) is 0 Å². The number of ether oxygens (including phenoxy) is 1. The zero-order valence-corrected chi connectivity index (χ0v) is 12.8. The number of nitrogens with zero attached hydrogens (tertiary/aromatic N) is 1. The molecule has 0 saturated carbocycles. The fraction of sp³-hybridized carbons (Fsp3) is 0.143. The van der Waals surface area contributed by atoms with Gasteiger partial charge >= 0.3 is 5.97 Å². The molecular weight excluding hydrogens is 321 g/mol. The van der Waals surface area contributed by atoms with Gasteiger partial charge in [0, 0.05) is 21.3 Å². The molecule has 0 N–H and O–H groups in total. The highest BCUT2D eigenvalue weighted by Gasteiger charge is 2.14. The summed E-state index contributed by atoms with van der Waals surface area (Å²) in [4.78, 5) is 16.0. The SMILES string of the molecule is Cc1ccc(Cl)c(C(=O)OCc2ccc(Cl)cc2Cl)n1. The van der Waals surface area contributed by atoms with Crippen molar-refractivity contribution in [2.45, 2.75) is 13.5 Å². The van der Waals surface area contributed by atoms with Crippen LogP contribution < -0.4 is 0 Å². The lowest BCUT2D eigenvalue weighted by molar-refractivity contribution is 0.0466. The molecule has 20 heavy (non-hydrogen) atoms. The molecular formula is C14H10Cl3NO2. The molecule has 0 aliphatic heterocycles. The van der Waals surface area contributed by atoms with Crippen molar-refractivity contribution in [1.82, 2.24) is 4.98 Å². The highest BCUT2D eigenvalue weighted by molar-refractivity contribution is 6.35. The number of aryl methyl sites for hydroxylation is 1. The van der Waals surface area contributed by atoms with Crippen LogP contribution in [0, 0.1) is 6.92 Å². The summed E-state index contributed by atoms with van der Waals surface area (Å²) in [7, 11) is 0. The van der Waals surface area contributed by atoms with Gasteiger partial charge < -0.3 is 4.74 Å². The van der Waals surface area contributed by atoms with E-state index in [0.29, 0.717) is 21.3 Å². The molecule has 0 amide bonds. The normalized spacial score (nSPS) is 10.4. The molecule has 0 radical (unpaired) electrons. The first-order chi connectivity index (χ1) is 9.47. The molecule has 0 aliphatic carbocycles. The van der Waals surface area contributed by atoms with Gasteiger partial charge in [0.15, 0.2) is 5.69 Å². The van der Waals surface area contributed by atoms with E-state index in [2.05, 4.69) is 4.98 Å². The Morgan fingerprint density at radius 2 is 1.90 bits per heavy atom. The van der Waals surface area contributed by atoms with Crippen LogP contribution in [0.2, 0.25) is 15.1 Å². The monoisotopic (exact) mass is 329 g/mol. The zero-order chi connectivity index (χ0) is 14.7. The van der Waals surface area contributed by atoms with Crippen LogP contribution in [0.4, 0.5) is 0 Å². The molecule has 0 bridgehead atoms. The number of pyridine rings is 1. The van der Waals surface area contributed by atoms with Gasteiger partial charge in [-0.1, -0.05) is 40.9 Å². The van der Waals surface area contributed by atoms with Crippen molar-refractivity contribution in [3.8, 4) is 0 Å². The van der Waals surface area contributed by atoms with Crippen molar-refractivity contribution in [2.24, 2.45) is 0 Å². The number of halogens is 3. The van der Waals surface area contributed by atoms with Crippen LogP contribution in [-0.4, -0.2) is 11.0 Å². The Bertz CT molecular complexity index is 659. The minimum absolute atomic E-state index is 0.0286. The third-order valence-corrected chi connectivity index (χ3v) is 3.44. The summed E-state index contributed by atoms with van der Waals surface area (Å²) in [5.74, 6) is -0.593. The van der Waals surface area contributed by atoms with Gasteiger partial charge in [-0.25, -0.2) is 9.78 Å². The summed E-state index contributed by atoms with van der Waals surface area (Å²) in [5, 5.41) is 1.21. The van der Waals surface area contributed by atoms with Crippen molar-refractivity contribution >= 4 is 40.8 Å². The van der Waals surface area contributed by atoms with Crippen molar-refractivity contribution in [2.75, 3.05) is 0 Å². The predicted molar refractivity (Wildman–Crippen MR) is 79.6 cm³/mol. The van der Waals surface area contributed by atoms with Crippen molar-refractivity contribution in [3.05, 3.63) is 62.4 Å². The maximum atomic E-state index is 11.9. The Balaban J connectivity index is 2.10. The van der Waals surface area contributed by atoms with E-state index in [-0.39, 0.29) is 17.3 Å². The van der Waals surface area contributed by atoms with Crippen LogP contribution in [0.25, 0.3) is 0 Å². The lowest BCUT2D eigenvalue weighted by Gasteiger charge is -2.08. The molecule has 1 heterocycles. The van der Waals surface area contributed by atoms with Gasteiger partial charge in [-0.05, 0) is 31.2 Å². The molecule has 104 valence electrons. The Labute approximate surface area is 131 Å². The zero-order valence-electron chi connectivity index (χ0n) is 10.5. The van der Waals surface area contributed by atoms with Crippen LogP contribution in [-0.2, 0) is 11.3 Å². The number of esters is 1. The number of hydrogen-bond acceptors (Lipinski definition) is 3. The van der Waals surface area contributed by atoms with Crippen LogP contribution >= 0.6 is 34.8 Å². The molecule has 0 spiro atoms. The molecule has 0 fully saturated rings. The van der Waals surface area contributed by atoms with Crippen LogP contribution in [0.15, 0.2) is 30.3 Å². The molecule has 2 rings (SSSR count). The van der Waals surface area contributed by atoms with E-state index in [0.717, 1.165) is 0 Å². The maximum absolute atomic E-state index is 11.9. The molecule has 0 aliphatic rings. The molecule has 1 aromatic carbocycles. The molecule has 0 unspecified atom stereocenters. The minimum Gasteiger partial charge on any atom is -0.456 e. The smallest absolute Gasteiger partial charge is 0.358 e. The van der Waals surface area contributed by atoms with E-state index in [1.54, 1.807) is 37.3 Å². The minimum atomic E-state index is -0.593. The van der Waals surface area contributed by atoms with Gasteiger partial charge in [0.05, 0.1) is 5.02 Å². The van der Waals surface area contributed by atoms with E-state index in [9.17, 15) is 4.79 Å². The summed E-state index contributed by atoms with van der Waals surface area (Å²) in [6.45, 7) is 1.80. The van der Waals surface area contributed by atoms with E-state index in [1.165, 1.54) is 0 Å². The Kier molecular flexibility index (Phi) is 4.86. The topological polar surface area (TPSA) is 39.2 Å². The highest BCUT2D eigenvalue weighted by Crippen LogP contribution is 2.22. The third-order valence-electron chi connectivity index (χ3n) is 2.55. The third kappa shape index (κ3) is 3.63. The van der Waals surface area contributed by atoms with Gasteiger partial charge in [0.25, 0.3) is 0 Å². The first-order valence-electron chi connectivity index (χ1n) is 5.71. The molecule has 0 saturated heterocycles. The van der Waals surface area contributed by atoms with Crippen molar-refractivity contribution in [1.29, 1.82) is 0 Å². The van der Waals surface area contributed by atoms with Gasteiger partial charge in [-0.3, -0.25) is 0 Å². The molecule has 3 nitrogen and oxygen atoms in total. The molecule has 6 heteroatoms. The fourth-order valence-corrected chi connectivity index (χ4v) is 2.18. The number of benzene rings is 1. The van der Waals surface area contributed by atoms with E-state index in [4.69, 9.17) is 39.5 Å². The van der Waals surface area contributed by atoms with Crippen LogP contribution in [0.3, 0.4) is 0 Å². The van der Waals surface area contributed by atoms with Gasteiger partial charge in [0.1, 0.15) is 6.61 Å².